The smallest absolute Gasteiger partial charge is 0.306 e. The summed E-state index contributed by atoms with van der Waals surface area (Å²) in [6, 6.07) is 11.4. The molecule has 8 heteroatoms. The van der Waals surface area contributed by atoms with E-state index in [9.17, 15) is 18.0 Å². The van der Waals surface area contributed by atoms with Crippen LogP contribution < -0.4 is 10.1 Å². The summed E-state index contributed by atoms with van der Waals surface area (Å²) in [5, 5.41) is 2.67. The number of benzene rings is 2. The monoisotopic (exact) mass is 391 g/mol. The van der Waals surface area contributed by atoms with Crippen LogP contribution in [0.15, 0.2) is 59.7 Å². The van der Waals surface area contributed by atoms with E-state index in [0.717, 1.165) is 22.6 Å². The third-order valence-corrected chi connectivity index (χ3v) is 4.64. The number of hydrogen-bond acceptors (Lipinski definition) is 2. The molecule has 0 aliphatic rings. The molecular formula is C19H16F3N3OS. The minimum atomic E-state index is -4.39. The molecule has 0 fully saturated rings. The van der Waals surface area contributed by atoms with E-state index < -0.39 is 17.8 Å². The number of aryl methyl sites for hydroxylation is 2. The number of halogens is 3. The average molecular weight is 391 g/mol. The number of carbonyl (C=O) groups excluding carboxylic acids is 1. The summed E-state index contributed by atoms with van der Waals surface area (Å²) in [5.74, 6) is 0. The molecule has 0 saturated carbocycles. The van der Waals surface area contributed by atoms with E-state index in [0.29, 0.717) is 16.2 Å². The van der Waals surface area contributed by atoms with Crippen molar-refractivity contribution in [3.63, 3.8) is 0 Å². The van der Waals surface area contributed by atoms with E-state index in [1.165, 1.54) is 23.5 Å². The van der Waals surface area contributed by atoms with E-state index in [1.807, 2.05) is 26.0 Å². The van der Waals surface area contributed by atoms with Crippen molar-refractivity contribution in [1.29, 1.82) is 0 Å². The Morgan fingerprint density at radius 1 is 1.04 bits per heavy atom. The summed E-state index contributed by atoms with van der Waals surface area (Å²) in [6.45, 7) is 3.78. The van der Waals surface area contributed by atoms with Crippen LogP contribution in [0.1, 0.15) is 16.0 Å². The van der Waals surface area contributed by atoms with Crippen LogP contribution in [0.4, 0.5) is 23.7 Å². The van der Waals surface area contributed by atoms with E-state index in [4.69, 9.17) is 0 Å². The predicted octanol–water partition coefficient (Wildman–Crippen LogP) is 5.31. The molecule has 3 aromatic rings. The van der Waals surface area contributed by atoms with Gasteiger partial charge in [-0.1, -0.05) is 17.7 Å². The van der Waals surface area contributed by atoms with Gasteiger partial charge < -0.3 is 5.32 Å². The Morgan fingerprint density at radius 2 is 1.67 bits per heavy atom. The lowest BCUT2D eigenvalue weighted by molar-refractivity contribution is -0.137. The maximum Gasteiger partial charge on any atom is 0.416 e. The molecule has 2 amide bonds. The molecule has 0 spiro atoms. The highest BCUT2D eigenvalue weighted by molar-refractivity contribution is 7.09. The van der Waals surface area contributed by atoms with Gasteiger partial charge in [0.2, 0.25) is 0 Å². The third kappa shape index (κ3) is 4.65. The Labute approximate surface area is 157 Å². The highest BCUT2D eigenvalue weighted by Gasteiger charge is 2.30. The molecular weight excluding hydrogens is 375 g/mol. The topological polar surface area (TPSA) is 46.4 Å². The van der Waals surface area contributed by atoms with Crippen molar-refractivity contribution in [2.45, 2.75) is 20.0 Å². The molecule has 1 N–H and O–H groups in total. The fourth-order valence-corrected chi connectivity index (χ4v) is 3.24. The highest BCUT2D eigenvalue weighted by atomic mass is 32.1. The van der Waals surface area contributed by atoms with Crippen LogP contribution >= 0.6 is 11.3 Å². The van der Waals surface area contributed by atoms with Gasteiger partial charge in [-0.25, -0.2) is 4.79 Å². The third-order valence-electron chi connectivity index (χ3n) is 3.74. The van der Waals surface area contributed by atoms with Crippen molar-refractivity contribution < 1.29 is 18.0 Å². The first-order valence-corrected chi connectivity index (χ1v) is 8.83. The molecule has 4 nitrogen and oxygen atoms in total. The molecule has 0 aliphatic heterocycles. The largest absolute Gasteiger partial charge is 0.416 e. The lowest BCUT2D eigenvalue weighted by atomic mass is 10.2. The lowest BCUT2D eigenvalue weighted by Crippen LogP contribution is -2.17. The first-order chi connectivity index (χ1) is 12.7. The second kappa shape index (κ2) is 7.40. The molecule has 1 heterocycles. The van der Waals surface area contributed by atoms with E-state index in [2.05, 4.69) is 10.3 Å². The Hall–Kier alpha value is -2.87. The molecule has 0 unspecified atom stereocenters. The number of hydrogen-bond donors (Lipinski definition) is 1. The Kier molecular flexibility index (Phi) is 5.18. The fourth-order valence-electron chi connectivity index (χ4n) is 2.40. The quantitative estimate of drug-likeness (QED) is 0.632. The summed E-state index contributed by atoms with van der Waals surface area (Å²) in [6.07, 6.45) is -2.67. The first kappa shape index (κ1) is 18.9. The average Bonchev–Trinajstić information content (AvgIpc) is 2.96. The minimum Gasteiger partial charge on any atom is -0.306 e. The van der Waals surface area contributed by atoms with Crippen molar-refractivity contribution in [2.75, 3.05) is 5.32 Å². The zero-order chi connectivity index (χ0) is 19.6. The Morgan fingerprint density at radius 3 is 2.26 bits per heavy atom. The maximum absolute atomic E-state index is 12.7. The summed E-state index contributed by atoms with van der Waals surface area (Å²) < 4.78 is 39.8. The highest BCUT2D eigenvalue weighted by Crippen LogP contribution is 2.29. The van der Waals surface area contributed by atoms with Gasteiger partial charge >= 0.3 is 12.2 Å². The fraction of sp³-hybridized carbons (Fsp3) is 0.158. The predicted molar refractivity (Wildman–Crippen MR) is 99.1 cm³/mol. The van der Waals surface area contributed by atoms with Gasteiger partial charge in [-0.15, -0.1) is 11.3 Å². The number of aromatic nitrogens is 1. The second-order valence-electron chi connectivity index (χ2n) is 5.95. The zero-order valence-corrected chi connectivity index (χ0v) is 15.4. The summed E-state index contributed by atoms with van der Waals surface area (Å²) in [5.41, 5.74) is 1.45. The number of rotatable bonds is 2. The molecule has 0 saturated heterocycles. The van der Waals surface area contributed by atoms with Crippen LogP contribution in [0.25, 0.3) is 5.69 Å². The maximum atomic E-state index is 12.7. The van der Waals surface area contributed by atoms with Gasteiger partial charge in [0, 0.05) is 22.4 Å². The van der Waals surface area contributed by atoms with Crippen molar-refractivity contribution in [2.24, 2.45) is 4.99 Å². The number of anilines is 1. The number of nitrogens with zero attached hydrogens (tertiary/aromatic N) is 2. The molecule has 1 aromatic heterocycles. The van der Waals surface area contributed by atoms with E-state index in [-0.39, 0.29) is 0 Å². The van der Waals surface area contributed by atoms with Gasteiger partial charge in [0.15, 0.2) is 4.80 Å². The van der Waals surface area contributed by atoms with Crippen LogP contribution in [0, 0.1) is 13.8 Å². The second-order valence-corrected chi connectivity index (χ2v) is 7.16. The van der Waals surface area contributed by atoms with Crippen LogP contribution in [0.3, 0.4) is 0 Å². The van der Waals surface area contributed by atoms with Gasteiger partial charge in [-0.3, -0.25) is 4.57 Å². The lowest BCUT2D eigenvalue weighted by Gasteiger charge is -2.08. The normalized spacial score (nSPS) is 12.3. The Balaban J connectivity index is 1.90. The van der Waals surface area contributed by atoms with Gasteiger partial charge in [0.1, 0.15) is 0 Å². The molecule has 0 atom stereocenters. The van der Waals surface area contributed by atoms with Gasteiger partial charge in [-0.05, 0) is 50.2 Å². The van der Waals surface area contributed by atoms with E-state index >= 15 is 0 Å². The van der Waals surface area contributed by atoms with Crippen LogP contribution in [0.5, 0.6) is 0 Å². The molecule has 3 rings (SSSR count). The SMILES string of the molecule is Cc1ccc(NC(=O)N=c2sc(C)cn2-c2ccc(C(F)(F)F)cc2)cc1. The number of thiazole rings is 1. The molecule has 0 radical (unpaired) electrons. The standard InChI is InChI=1S/C19H16F3N3OS/c1-12-3-7-15(8-4-12)23-17(26)24-18-25(11-13(2)27-18)16-9-5-14(6-10-16)19(20,21)22/h3-11H,1-2H3,(H,23,26). The van der Waals surface area contributed by atoms with Gasteiger partial charge in [0.25, 0.3) is 0 Å². The molecule has 0 bridgehead atoms. The molecule has 140 valence electrons. The van der Waals surface area contributed by atoms with Crippen LogP contribution in [-0.4, -0.2) is 10.6 Å². The van der Waals surface area contributed by atoms with Crippen molar-refractivity contribution >= 4 is 23.1 Å². The summed E-state index contributed by atoms with van der Waals surface area (Å²) in [4.78, 5) is 17.5. The molecule has 27 heavy (non-hydrogen) atoms. The minimum absolute atomic E-state index is 0.372. The number of amides is 2. The Bertz CT molecular complexity index is 1020. The van der Waals surface area contributed by atoms with E-state index in [1.54, 1.807) is 22.9 Å². The number of nitrogens with one attached hydrogen (secondary N) is 1. The van der Waals surface area contributed by atoms with Crippen LogP contribution in [0.2, 0.25) is 0 Å². The number of urea groups is 1. The number of carbonyl (C=O) groups is 1. The summed E-state index contributed by atoms with van der Waals surface area (Å²) >= 11 is 1.27. The molecule has 0 aliphatic carbocycles. The van der Waals surface area contributed by atoms with Crippen LogP contribution in [-0.2, 0) is 6.18 Å². The van der Waals surface area contributed by atoms with Gasteiger partial charge in [-0.2, -0.15) is 18.2 Å². The summed E-state index contributed by atoms with van der Waals surface area (Å²) in [7, 11) is 0. The van der Waals surface area contributed by atoms with Crippen molar-refractivity contribution in [3.05, 3.63) is 75.5 Å². The first-order valence-electron chi connectivity index (χ1n) is 8.01. The van der Waals surface area contributed by atoms with Crippen molar-refractivity contribution in [1.82, 2.24) is 4.57 Å². The van der Waals surface area contributed by atoms with Crippen molar-refractivity contribution in [3.8, 4) is 5.69 Å². The zero-order valence-electron chi connectivity index (χ0n) is 14.5. The van der Waals surface area contributed by atoms with Gasteiger partial charge in [0.05, 0.1) is 5.56 Å². The molecule has 2 aromatic carbocycles. The number of alkyl halides is 3.